The summed E-state index contributed by atoms with van der Waals surface area (Å²) in [5.41, 5.74) is 1.81. The van der Waals surface area contributed by atoms with Gasteiger partial charge < -0.3 is 15.2 Å². The molecule has 0 aliphatic carbocycles. The zero-order valence-electron chi connectivity index (χ0n) is 10.3. The fourth-order valence-electron chi connectivity index (χ4n) is 1.53. The van der Waals surface area contributed by atoms with Crippen LogP contribution in [-0.2, 0) is 16.1 Å². The van der Waals surface area contributed by atoms with E-state index in [0.29, 0.717) is 19.6 Å². The van der Waals surface area contributed by atoms with Gasteiger partial charge in [0.2, 0.25) is 0 Å². The second kappa shape index (κ2) is 6.91. The number of hydrogen-bond acceptors (Lipinski definition) is 3. The minimum absolute atomic E-state index is 0.496. The molecule has 1 aromatic rings. The number of ether oxygens (including phenoxy) is 1. The van der Waals surface area contributed by atoms with Crippen LogP contribution in [0, 0.1) is 0 Å². The lowest BCUT2D eigenvalue weighted by Crippen LogP contribution is -2.28. The number of nitrogens with one attached hydrogen (secondary N) is 1. The Morgan fingerprint density at radius 3 is 2.71 bits per heavy atom. The molecule has 0 aliphatic rings. The predicted molar refractivity (Wildman–Crippen MR) is 67.1 cm³/mol. The first-order chi connectivity index (χ1) is 8.19. The zero-order valence-corrected chi connectivity index (χ0v) is 10.3. The Hall–Kier alpha value is -1.55. The second-order valence-corrected chi connectivity index (χ2v) is 3.74. The number of rotatable bonds is 7. The highest BCUT2D eigenvalue weighted by atomic mass is 16.5. The van der Waals surface area contributed by atoms with Gasteiger partial charge in [-0.15, -0.1) is 0 Å². The first-order valence-electron chi connectivity index (χ1n) is 5.84. The van der Waals surface area contributed by atoms with Crippen LogP contribution in [0.3, 0.4) is 0 Å². The summed E-state index contributed by atoms with van der Waals surface area (Å²) in [5, 5.41) is 12.0. The van der Waals surface area contributed by atoms with Crippen molar-refractivity contribution in [3.05, 3.63) is 29.8 Å². The largest absolute Gasteiger partial charge is 0.480 e. The van der Waals surface area contributed by atoms with Crippen LogP contribution in [0.1, 0.15) is 25.8 Å². The van der Waals surface area contributed by atoms with E-state index in [1.165, 1.54) is 0 Å². The molecule has 0 saturated carbocycles. The van der Waals surface area contributed by atoms with Gasteiger partial charge in [0.15, 0.2) is 0 Å². The lowest BCUT2D eigenvalue weighted by Gasteiger charge is -2.16. The van der Waals surface area contributed by atoms with E-state index < -0.39 is 12.0 Å². The molecule has 94 valence electrons. The van der Waals surface area contributed by atoms with Crippen LogP contribution in [0.4, 0.5) is 5.69 Å². The van der Waals surface area contributed by atoms with Gasteiger partial charge in [0.25, 0.3) is 0 Å². The van der Waals surface area contributed by atoms with Crippen molar-refractivity contribution in [1.29, 1.82) is 0 Å². The van der Waals surface area contributed by atoms with Gasteiger partial charge in [-0.1, -0.05) is 25.1 Å². The molecule has 0 saturated heterocycles. The highest BCUT2D eigenvalue weighted by Gasteiger charge is 2.15. The summed E-state index contributed by atoms with van der Waals surface area (Å²) in [6.45, 7) is 4.92. The predicted octanol–water partition coefficient (Wildman–Crippen LogP) is 2.50. The monoisotopic (exact) mass is 237 g/mol. The Morgan fingerprint density at radius 2 is 2.12 bits per heavy atom. The summed E-state index contributed by atoms with van der Waals surface area (Å²) in [7, 11) is 0. The topological polar surface area (TPSA) is 58.6 Å². The highest BCUT2D eigenvalue weighted by Crippen LogP contribution is 2.17. The van der Waals surface area contributed by atoms with Crippen LogP contribution < -0.4 is 5.32 Å². The number of para-hydroxylation sites is 1. The average Bonchev–Trinajstić information content (AvgIpc) is 2.34. The van der Waals surface area contributed by atoms with E-state index in [1.54, 1.807) is 0 Å². The van der Waals surface area contributed by atoms with E-state index in [9.17, 15) is 4.79 Å². The SMILES string of the molecule is CCOCc1ccccc1NC(CC)C(=O)O. The Bertz CT molecular complexity index is 365. The summed E-state index contributed by atoms with van der Waals surface area (Å²) in [5.74, 6) is -0.835. The lowest BCUT2D eigenvalue weighted by atomic mass is 10.1. The van der Waals surface area contributed by atoms with Crippen LogP contribution in [0.5, 0.6) is 0 Å². The standard InChI is InChI=1S/C13H19NO3/c1-3-11(13(15)16)14-12-8-6-5-7-10(12)9-17-4-2/h5-8,11,14H,3-4,9H2,1-2H3,(H,15,16). The normalized spacial score (nSPS) is 12.1. The molecule has 0 radical (unpaired) electrons. The maximum absolute atomic E-state index is 11.0. The van der Waals surface area contributed by atoms with Gasteiger partial charge >= 0.3 is 5.97 Å². The molecule has 0 heterocycles. The Balaban J connectivity index is 2.78. The number of anilines is 1. The number of carboxylic acid groups (broad SMARTS) is 1. The Morgan fingerprint density at radius 1 is 1.41 bits per heavy atom. The van der Waals surface area contributed by atoms with Crippen molar-refractivity contribution in [2.75, 3.05) is 11.9 Å². The van der Waals surface area contributed by atoms with E-state index in [-0.39, 0.29) is 0 Å². The van der Waals surface area contributed by atoms with Crippen molar-refractivity contribution >= 4 is 11.7 Å². The second-order valence-electron chi connectivity index (χ2n) is 3.74. The van der Waals surface area contributed by atoms with Gasteiger partial charge in [0, 0.05) is 17.9 Å². The van der Waals surface area contributed by atoms with Crippen molar-refractivity contribution in [2.45, 2.75) is 32.9 Å². The third-order valence-electron chi connectivity index (χ3n) is 2.52. The van der Waals surface area contributed by atoms with Gasteiger partial charge in [-0.05, 0) is 19.4 Å². The number of benzene rings is 1. The van der Waals surface area contributed by atoms with Gasteiger partial charge in [-0.3, -0.25) is 0 Å². The summed E-state index contributed by atoms with van der Waals surface area (Å²) in [6, 6.07) is 7.05. The van der Waals surface area contributed by atoms with Crippen molar-refractivity contribution in [3.8, 4) is 0 Å². The molecule has 1 rings (SSSR count). The van der Waals surface area contributed by atoms with Crippen molar-refractivity contribution in [2.24, 2.45) is 0 Å². The Kier molecular flexibility index (Phi) is 5.49. The summed E-state index contributed by atoms with van der Waals surface area (Å²) < 4.78 is 5.35. The molecule has 1 atom stereocenters. The maximum atomic E-state index is 11.0. The molecule has 1 aromatic carbocycles. The maximum Gasteiger partial charge on any atom is 0.326 e. The molecule has 0 bridgehead atoms. The van der Waals surface area contributed by atoms with Gasteiger partial charge in [0.1, 0.15) is 6.04 Å². The molecule has 4 nitrogen and oxygen atoms in total. The molecule has 0 fully saturated rings. The van der Waals surface area contributed by atoms with E-state index in [0.717, 1.165) is 11.3 Å². The summed E-state index contributed by atoms with van der Waals surface area (Å²) >= 11 is 0. The van der Waals surface area contributed by atoms with E-state index in [4.69, 9.17) is 9.84 Å². The minimum Gasteiger partial charge on any atom is -0.480 e. The fourth-order valence-corrected chi connectivity index (χ4v) is 1.53. The molecule has 0 aromatic heterocycles. The minimum atomic E-state index is -0.835. The van der Waals surface area contributed by atoms with Gasteiger partial charge in [-0.25, -0.2) is 4.79 Å². The van der Waals surface area contributed by atoms with Crippen LogP contribution in [0.2, 0.25) is 0 Å². The Labute approximate surface area is 102 Å². The smallest absolute Gasteiger partial charge is 0.326 e. The number of carboxylic acids is 1. The molecule has 0 amide bonds. The summed E-state index contributed by atoms with van der Waals surface area (Å²) in [4.78, 5) is 11.0. The fraction of sp³-hybridized carbons (Fsp3) is 0.462. The van der Waals surface area contributed by atoms with Gasteiger partial charge in [-0.2, -0.15) is 0 Å². The quantitative estimate of drug-likeness (QED) is 0.765. The van der Waals surface area contributed by atoms with Gasteiger partial charge in [0.05, 0.1) is 6.61 Å². The van der Waals surface area contributed by atoms with Crippen LogP contribution in [0.15, 0.2) is 24.3 Å². The van der Waals surface area contributed by atoms with E-state index in [1.807, 2.05) is 38.1 Å². The highest BCUT2D eigenvalue weighted by molar-refractivity contribution is 5.77. The zero-order chi connectivity index (χ0) is 12.7. The molecular weight excluding hydrogens is 218 g/mol. The molecule has 17 heavy (non-hydrogen) atoms. The van der Waals surface area contributed by atoms with Crippen molar-refractivity contribution < 1.29 is 14.6 Å². The van der Waals surface area contributed by atoms with Crippen molar-refractivity contribution in [3.63, 3.8) is 0 Å². The third-order valence-corrected chi connectivity index (χ3v) is 2.52. The molecule has 0 aliphatic heterocycles. The first-order valence-corrected chi connectivity index (χ1v) is 5.84. The van der Waals surface area contributed by atoms with Crippen molar-refractivity contribution in [1.82, 2.24) is 0 Å². The van der Waals surface area contributed by atoms with Crippen LogP contribution in [-0.4, -0.2) is 23.7 Å². The molecule has 0 spiro atoms. The average molecular weight is 237 g/mol. The molecule has 2 N–H and O–H groups in total. The molecule has 1 unspecified atom stereocenters. The number of hydrogen-bond donors (Lipinski definition) is 2. The lowest BCUT2D eigenvalue weighted by molar-refractivity contribution is -0.137. The van der Waals surface area contributed by atoms with Crippen LogP contribution >= 0.6 is 0 Å². The number of carbonyl (C=O) groups is 1. The van der Waals surface area contributed by atoms with E-state index in [2.05, 4.69) is 5.32 Å². The summed E-state index contributed by atoms with van der Waals surface area (Å²) in [6.07, 6.45) is 0.540. The van der Waals surface area contributed by atoms with Crippen LogP contribution in [0.25, 0.3) is 0 Å². The third kappa shape index (κ3) is 4.07. The first kappa shape index (κ1) is 13.5. The number of aliphatic carboxylic acids is 1. The van der Waals surface area contributed by atoms with E-state index >= 15 is 0 Å². The molecular formula is C13H19NO3. The molecule has 4 heteroatoms.